The maximum atomic E-state index is 5.13. The summed E-state index contributed by atoms with van der Waals surface area (Å²) >= 11 is 0. The Morgan fingerprint density at radius 2 is 1.55 bits per heavy atom. The molecule has 1 atom stereocenters. The molecular weight excluding hydrogens is 155 g/mol. The first kappa shape index (κ1) is 11.4. The summed E-state index contributed by atoms with van der Waals surface area (Å²) in [5.74, 6) is 0. The highest BCUT2D eigenvalue weighted by Crippen LogP contribution is 2.36. The Bertz CT molecular complexity index is 81.3. The molecule has 0 aromatic heterocycles. The van der Waals surface area contributed by atoms with Crippen LogP contribution in [0.15, 0.2) is 0 Å². The number of hydrogen-bond donors (Lipinski definition) is 0. The maximum Gasteiger partial charge on any atom is 0.0394 e. The molecule has 0 aliphatic carbocycles. The van der Waals surface area contributed by atoms with Crippen molar-refractivity contribution in [3.63, 3.8) is 0 Å². The lowest BCUT2D eigenvalue weighted by Crippen LogP contribution is -2.20. The lowest BCUT2D eigenvalue weighted by atomic mass is 9.82. The summed E-state index contributed by atoms with van der Waals surface area (Å²) < 4.78 is 5.13. The van der Waals surface area contributed by atoms with Gasteiger partial charge in [-0.1, -0.05) is 40.0 Å². The van der Waals surface area contributed by atoms with Gasteiger partial charge in [0.05, 0.1) is 0 Å². The molecule has 11 heavy (non-hydrogen) atoms. The highest BCUT2D eigenvalue weighted by molar-refractivity contribution is 7.32. The van der Waals surface area contributed by atoms with E-state index in [0.717, 1.165) is 0 Å². The van der Waals surface area contributed by atoms with Crippen LogP contribution in [-0.2, 0) is 4.52 Å². The van der Waals surface area contributed by atoms with E-state index in [0.29, 0.717) is 14.2 Å². The zero-order chi connectivity index (χ0) is 8.74. The van der Waals surface area contributed by atoms with Gasteiger partial charge in [0.1, 0.15) is 0 Å². The molecule has 0 radical (unpaired) electrons. The largest absolute Gasteiger partial charge is 0.366 e. The van der Waals surface area contributed by atoms with Gasteiger partial charge in [-0.15, -0.1) is 0 Å². The van der Waals surface area contributed by atoms with Gasteiger partial charge in [0.15, 0.2) is 0 Å². The van der Waals surface area contributed by atoms with Gasteiger partial charge in [0, 0.05) is 15.9 Å². The Kier molecular flexibility index (Phi) is 6.18. The highest BCUT2D eigenvalue weighted by atomic mass is 31.1. The molecule has 1 nitrogen and oxygen atoms in total. The van der Waals surface area contributed by atoms with E-state index in [1.165, 1.54) is 25.4 Å². The number of rotatable bonds is 6. The zero-order valence-electron chi connectivity index (χ0n) is 8.24. The molecule has 0 spiro atoms. The Balaban J connectivity index is 3.84. The summed E-state index contributed by atoms with van der Waals surface area (Å²) in [4.78, 5) is 0. The van der Waals surface area contributed by atoms with E-state index in [-0.39, 0.29) is 0 Å². The quantitative estimate of drug-likeness (QED) is 0.563. The summed E-state index contributed by atoms with van der Waals surface area (Å²) in [6.07, 6.45) is 5.11. The van der Waals surface area contributed by atoms with Gasteiger partial charge < -0.3 is 4.52 Å². The van der Waals surface area contributed by atoms with Gasteiger partial charge in [-0.05, 0) is 11.6 Å². The topological polar surface area (TPSA) is 9.23 Å². The molecule has 0 saturated carbocycles. The second-order valence-electron chi connectivity index (χ2n) is 3.09. The molecule has 68 valence electrons. The van der Waals surface area contributed by atoms with E-state index in [4.69, 9.17) is 4.52 Å². The Morgan fingerprint density at radius 3 is 1.82 bits per heavy atom. The molecule has 0 amide bonds. The summed E-state index contributed by atoms with van der Waals surface area (Å²) in [6.45, 7) is 6.85. The fourth-order valence-electron chi connectivity index (χ4n) is 1.35. The fourth-order valence-corrected chi connectivity index (χ4v) is 2.55. The van der Waals surface area contributed by atoms with Gasteiger partial charge in [0.25, 0.3) is 0 Å². The van der Waals surface area contributed by atoms with Crippen molar-refractivity contribution in [2.75, 3.05) is 13.3 Å². The van der Waals surface area contributed by atoms with Crippen LogP contribution in [0.4, 0.5) is 0 Å². The predicted molar refractivity (Wildman–Crippen MR) is 53.5 cm³/mol. The van der Waals surface area contributed by atoms with Crippen LogP contribution in [0.25, 0.3) is 0 Å². The van der Waals surface area contributed by atoms with Crippen LogP contribution in [-0.4, -0.2) is 13.3 Å². The minimum Gasteiger partial charge on any atom is -0.366 e. The van der Waals surface area contributed by atoms with E-state index in [9.17, 15) is 0 Å². The molecule has 0 N–H and O–H groups in total. The van der Waals surface area contributed by atoms with Crippen LogP contribution in [0.1, 0.15) is 40.0 Å². The van der Waals surface area contributed by atoms with E-state index < -0.39 is 0 Å². The van der Waals surface area contributed by atoms with E-state index in [1.54, 1.807) is 7.11 Å². The second-order valence-corrected chi connectivity index (χ2v) is 4.14. The molecule has 0 aliphatic heterocycles. The summed E-state index contributed by atoms with van der Waals surface area (Å²) in [5.41, 5.74) is 0.564. The molecule has 0 bridgehead atoms. The van der Waals surface area contributed by atoms with Crippen LogP contribution in [0, 0.1) is 5.41 Å². The molecule has 0 rings (SSSR count). The lowest BCUT2D eigenvalue weighted by molar-refractivity contribution is 0.287. The average molecular weight is 176 g/mol. The van der Waals surface area contributed by atoms with Crippen LogP contribution < -0.4 is 0 Å². The van der Waals surface area contributed by atoms with Gasteiger partial charge >= 0.3 is 0 Å². The van der Waals surface area contributed by atoms with Gasteiger partial charge in [-0.2, -0.15) is 0 Å². The Morgan fingerprint density at radius 1 is 1.09 bits per heavy atom. The third-order valence-electron chi connectivity index (χ3n) is 2.84. The van der Waals surface area contributed by atoms with Crippen LogP contribution in [0.5, 0.6) is 0 Å². The van der Waals surface area contributed by atoms with E-state index in [2.05, 4.69) is 20.8 Å². The molecule has 0 aromatic rings. The minimum absolute atomic E-state index is 0.564. The predicted octanol–water partition coefficient (Wildman–Crippen LogP) is 3.44. The van der Waals surface area contributed by atoms with Gasteiger partial charge in [-0.3, -0.25) is 0 Å². The van der Waals surface area contributed by atoms with Crippen LogP contribution in [0.3, 0.4) is 0 Å². The maximum absolute atomic E-state index is 5.13. The monoisotopic (exact) mass is 176 g/mol. The van der Waals surface area contributed by atoms with E-state index >= 15 is 0 Å². The van der Waals surface area contributed by atoms with Crippen molar-refractivity contribution in [2.24, 2.45) is 5.41 Å². The molecule has 2 heteroatoms. The second kappa shape index (κ2) is 5.97. The van der Waals surface area contributed by atoms with E-state index in [1.807, 2.05) is 0 Å². The minimum atomic E-state index is 0.564. The van der Waals surface area contributed by atoms with Crippen molar-refractivity contribution in [1.29, 1.82) is 0 Å². The van der Waals surface area contributed by atoms with Crippen LogP contribution >= 0.6 is 8.81 Å². The molecular formula is C9H21OP. The summed E-state index contributed by atoms with van der Waals surface area (Å²) in [5, 5.41) is 0. The summed E-state index contributed by atoms with van der Waals surface area (Å²) in [6, 6.07) is 0. The fraction of sp³-hybridized carbons (Fsp3) is 1.00. The highest BCUT2D eigenvalue weighted by Gasteiger charge is 2.22. The lowest BCUT2D eigenvalue weighted by Gasteiger charge is -2.29. The zero-order valence-corrected chi connectivity index (χ0v) is 9.24. The first-order valence-corrected chi connectivity index (χ1v) is 5.62. The molecule has 0 heterocycles. The average Bonchev–Trinajstić information content (AvgIpc) is 2.08. The molecule has 0 aromatic carbocycles. The van der Waals surface area contributed by atoms with Crippen molar-refractivity contribution in [3.05, 3.63) is 0 Å². The van der Waals surface area contributed by atoms with Gasteiger partial charge in [-0.25, -0.2) is 0 Å². The Labute approximate surface area is 72.8 Å². The third-order valence-corrected chi connectivity index (χ3v) is 4.02. The smallest absolute Gasteiger partial charge is 0.0394 e. The van der Waals surface area contributed by atoms with Crippen molar-refractivity contribution >= 4 is 8.81 Å². The van der Waals surface area contributed by atoms with Crippen LogP contribution in [0.2, 0.25) is 0 Å². The van der Waals surface area contributed by atoms with Crippen molar-refractivity contribution in [3.8, 4) is 0 Å². The molecule has 0 aliphatic rings. The van der Waals surface area contributed by atoms with Crippen molar-refractivity contribution in [1.82, 2.24) is 0 Å². The first-order chi connectivity index (χ1) is 5.24. The third kappa shape index (κ3) is 3.53. The van der Waals surface area contributed by atoms with Gasteiger partial charge in [0.2, 0.25) is 0 Å². The Hall–Kier alpha value is 0.390. The first-order valence-electron chi connectivity index (χ1n) is 4.50. The number of hydrogen-bond acceptors (Lipinski definition) is 1. The standard InChI is InChI=1S/C9H21OP/c1-5-9(6-2,7-3)8-11-10-4/h11H,5-8H2,1-4H3. The summed E-state index contributed by atoms with van der Waals surface area (Å²) in [7, 11) is 2.48. The van der Waals surface area contributed by atoms with Crippen molar-refractivity contribution in [2.45, 2.75) is 40.0 Å². The van der Waals surface area contributed by atoms with Crippen molar-refractivity contribution < 1.29 is 4.52 Å². The normalized spacial score (nSPS) is 13.1. The SMILES string of the molecule is CCC(CC)(CC)CPOC. The molecule has 0 saturated heterocycles. The molecule has 0 fully saturated rings. The molecule has 1 unspecified atom stereocenters.